The maximum Gasteiger partial charge on any atom is 0.240 e. The number of aromatic hydroxyl groups is 1. The minimum absolute atomic E-state index is 0.222. The number of aromatic nitrogens is 1. The molecule has 0 aromatic carbocycles. The minimum Gasteiger partial charge on any atom is -0.501 e. The second kappa shape index (κ2) is 5.97. The number of pyridine rings is 1. The monoisotopic (exact) mass is 314 g/mol. The van der Waals surface area contributed by atoms with E-state index in [1.807, 2.05) is 0 Å². The maximum absolute atomic E-state index is 13.9. The van der Waals surface area contributed by atoms with Crippen molar-refractivity contribution in [3.05, 3.63) is 27.9 Å². The van der Waals surface area contributed by atoms with Crippen LogP contribution in [0.5, 0.6) is 5.75 Å². The van der Waals surface area contributed by atoms with Gasteiger partial charge >= 0.3 is 0 Å². The van der Waals surface area contributed by atoms with Crippen LogP contribution in [0.1, 0.15) is 31.4 Å². The minimum atomic E-state index is -0.815. The molecule has 3 rings (SSSR count). The molecule has 2 aliphatic rings. The lowest BCUT2D eigenvalue weighted by atomic mass is 9.88. The predicted molar refractivity (Wildman–Crippen MR) is 79.2 cm³/mol. The highest BCUT2D eigenvalue weighted by Gasteiger charge is 2.28. The molecule has 6 heteroatoms. The lowest BCUT2D eigenvalue weighted by Gasteiger charge is -2.36. The van der Waals surface area contributed by atoms with Crippen LogP contribution in [0.4, 0.5) is 4.39 Å². The highest BCUT2D eigenvalue weighted by molar-refractivity contribution is 6.20. The van der Waals surface area contributed by atoms with Gasteiger partial charge in [-0.05, 0) is 18.8 Å². The molecule has 116 valence electrons. The molecule has 1 aliphatic carbocycles. The molecular weight excluding hydrogens is 295 g/mol. The molecule has 1 aromatic rings. The van der Waals surface area contributed by atoms with Crippen molar-refractivity contribution < 1.29 is 9.50 Å². The van der Waals surface area contributed by atoms with E-state index in [2.05, 4.69) is 4.90 Å². The van der Waals surface area contributed by atoms with E-state index in [0.29, 0.717) is 31.2 Å². The molecule has 1 unspecified atom stereocenters. The van der Waals surface area contributed by atoms with Crippen molar-refractivity contribution in [2.24, 2.45) is 5.92 Å². The second-order valence-corrected chi connectivity index (χ2v) is 6.65. The number of alkyl halides is 1. The molecular formula is C15H20ClFN2O2. The molecule has 1 saturated carbocycles. The van der Waals surface area contributed by atoms with Crippen molar-refractivity contribution in [1.82, 2.24) is 9.47 Å². The Morgan fingerprint density at radius 3 is 2.86 bits per heavy atom. The largest absolute Gasteiger partial charge is 0.501 e. The summed E-state index contributed by atoms with van der Waals surface area (Å²) in [5.74, 6) is -1.12. The van der Waals surface area contributed by atoms with Crippen molar-refractivity contribution in [2.45, 2.75) is 44.1 Å². The average molecular weight is 315 g/mol. The van der Waals surface area contributed by atoms with E-state index in [-0.39, 0.29) is 5.38 Å². The summed E-state index contributed by atoms with van der Waals surface area (Å²) in [7, 11) is 0. The maximum atomic E-state index is 13.9. The molecule has 1 aromatic heterocycles. The Hall–Kier alpha value is -1.07. The third kappa shape index (κ3) is 2.94. The molecule has 2 heterocycles. The SMILES string of the molecule is O=c1cc2n(c(F)c1O)CCN(C[C@H]1CCCCC1Cl)C2. The first-order valence-electron chi connectivity index (χ1n) is 7.54. The van der Waals surface area contributed by atoms with Gasteiger partial charge in [-0.2, -0.15) is 4.39 Å². The zero-order valence-electron chi connectivity index (χ0n) is 11.9. The summed E-state index contributed by atoms with van der Waals surface area (Å²) < 4.78 is 15.3. The Labute approximate surface area is 128 Å². The summed E-state index contributed by atoms with van der Waals surface area (Å²) in [4.78, 5) is 13.8. The van der Waals surface area contributed by atoms with Crippen molar-refractivity contribution in [3.63, 3.8) is 0 Å². The number of nitrogens with zero attached hydrogens (tertiary/aromatic N) is 2. The zero-order chi connectivity index (χ0) is 15.0. The smallest absolute Gasteiger partial charge is 0.240 e. The predicted octanol–water partition coefficient (Wildman–Crippen LogP) is 2.31. The first-order chi connectivity index (χ1) is 10.1. The highest BCUT2D eigenvalue weighted by atomic mass is 35.5. The van der Waals surface area contributed by atoms with E-state index in [9.17, 15) is 14.3 Å². The summed E-state index contributed by atoms with van der Waals surface area (Å²) in [5, 5.41) is 9.61. The fourth-order valence-electron chi connectivity index (χ4n) is 3.43. The lowest BCUT2D eigenvalue weighted by molar-refractivity contribution is 0.161. The number of halogens is 2. The van der Waals surface area contributed by atoms with Crippen LogP contribution in [-0.4, -0.2) is 33.0 Å². The molecule has 0 spiro atoms. The Morgan fingerprint density at radius 2 is 2.10 bits per heavy atom. The van der Waals surface area contributed by atoms with Crippen molar-refractivity contribution >= 4 is 11.6 Å². The van der Waals surface area contributed by atoms with E-state index in [4.69, 9.17) is 11.6 Å². The Kier molecular flexibility index (Phi) is 4.22. The molecule has 21 heavy (non-hydrogen) atoms. The zero-order valence-corrected chi connectivity index (χ0v) is 12.7. The number of rotatable bonds is 2. The van der Waals surface area contributed by atoms with Crippen LogP contribution in [-0.2, 0) is 13.1 Å². The molecule has 1 aliphatic heterocycles. The number of hydrogen-bond donors (Lipinski definition) is 1. The topological polar surface area (TPSA) is 45.5 Å². The first kappa shape index (κ1) is 14.9. The fraction of sp³-hybridized carbons (Fsp3) is 0.667. The quantitative estimate of drug-likeness (QED) is 0.673. The van der Waals surface area contributed by atoms with Gasteiger partial charge in [-0.25, -0.2) is 0 Å². The first-order valence-corrected chi connectivity index (χ1v) is 7.97. The molecule has 0 radical (unpaired) electrons. The molecule has 4 nitrogen and oxygen atoms in total. The van der Waals surface area contributed by atoms with Crippen LogP contribution in [0.2, 0.25) is 0 Å². The van der Waals surface area contributed by atoms with Gasteiger partial charge in [-0.1, -0.05) is 12.8 Å². The summed E-state index contributed by atoms with van der Waals surface area (Å²) in [6.07, 6.45) is 4.63. The van der Waals surface area contributed by atoms with Gasteiger partial charge in [-0.3, -0.25) is 9.69 Å². The molecule has 2 atom stereocenters. The van der Waals surface area contributed by atoms with E-state index in [1.54, 1.807) is 0 Å². The molecule has 1 N–H and O–H groups in total. The van der Waals surface area contributed by atoms with Crippen LogP contribution in [0.3, 0.4) is 0 Å². The van der Waals surface area contributed by atoms with Crippen LogP contribution in [0.15, 0.2) is 10.9 Å². The van der Waals surface area contributed by atoms with Crippen LogP contribution in [0.25, 0.3) is 0 Å². The van der Waals surface area contributed by atoms with Crippen LogP contribution in [0, 0.1) is 11.9 Å². The van der Waals surface area contributed by atoms with Crippen LogP contribution < -0.4 is 5.43 Å². The van der Waals surface area contributed by atoms with Gasteiger partial charge in [0.05, 0.1) is 0 Å². The van der Waals surface area contributed by atoms with Gasteiger partial charge in [0.15, 0.2) is 0 Å². The summed E-state index contributed by atoms with van der Waals surface area (Å²) >= 11 is 6.40. The van der Waals surface area contributed by atoms with E-state index in [0.717, 1.165) is 19.4 Å². The number of hydrogen-bond acceptors (Lipinski definition) is 3. The van der Waals surface area contributed by atoms with Gasteiger partial charge in [0.25, 0.3) is 0 Å². The molecule has 1 fully saturated rings. The molecule has 0 amide bonds. The Balaban J connectivity index is 1.74. The Morgan fingerprint density at radius 1 is 1.33 bits per heavy atom. The van der Waals surface area contributed by atoms with Crippen molar-refractivity contribution in [2.75, 3.05) is 13.1 Å². The average Bonchev–Trinajstić information content (AvgIpc) is 2.47. The summed E-state index contributed by atoms with van der Waals surface area (Å²) in [5.41, 5.74) is -0.0167. The molecule has 0 saturated heterocycles. The third-order valence-electron chi connectivity index (χ3n) is 4.64. The van der Waals surface area contributed by atoms with Gasteiger partial charge in [0, 0.05) is 43.3 Å². The van der Waals surface area contributed by atoms with Crippen molar-refractivity contribution in [3.8, 4) is 5.75 Å². The highest BCUT2D eigenvalue weighted by Crippen LogP contribution is 2.30. The van der Waals surface area contributed by atoms with E-state index >= 15 is 0 Å². The van der Waals surface area contributed by atoms with E-state index < -0.39 is 17.1 Å². The van der Waals surface area contributed by atoms with Gasteiger partial charge in [-0.15, -0.1) is 11.6 Å². The third-order valence-corrected chi connectivity index (χ3v) is 5.22. The number of fused-ring (bicyclic) bond motifs is 1. The standard InChI is InChI=1S/C15H20ClFN2O2/c16-12-4-2-1-3-10(12)8-18-5-6-19-11(9-18)7-13(20)14(21)15(19)17/h7,10,12,21H,1-6,8-9H2/t10-,12?/m1/s1. The Bertz CT molecular complexity index is 590. The van der Waals surface area contributed by atoms with Gasteiger partial charge < -0.3 is 9.67 Å². The summed E-state index contributed by atoms with van der Waals surface area (Å²) in [6.45, 7) is 2.60. The fourth-order valence-corrected chi connectivity index (χ4v) is 3.79. The second-order valence-electron chi connectivity index (χ2n) is 6.09. The van der Waals surface area contributed by atoms with E-state index in [1.165, 1.54) is 23.5 Å². The molecule has 0 bridgehead atoms. The van der Waals surface area contributed by atoms with Gasteiger partial charge in [0.1, 0.15) is 0 Å². The van der Waals surface area contributed by atoms with Crippen molar-refractivity contribution in [1.29, 1.82) is 0 Å². The normalized spacial score (nSPS) is 26.6. The van der Waals surface area contributed by atoms with Gasteiger partial charge in [0.2, 0.25) is 17.1 Å². The summed E-state index contributed by atoms with van der Waals surface area (Å²) in [6, 6.07) is 1.34. The lowest BCUT2D eigenvalue weighted by Crippen LogP contribution is -2.41. The van der Waals surface area contributed by atoms with Crippen LogP contribution >= 0.6 is 11.6 Å².